The van der Waals surface area contributed by atoms with Crippen molar-refractivity contribution >= 4 is 5.84 Å². The van der Waals surface area contributed by atoms with Gasteiger partial charge in [0.05, 0.1) is 0 Å². The van der Waals surface area contributed by atoms with Crippen molar-refractivity contribution in [3.05, 3.63) is 47.5 Å². The Labute approximate surface area is 102 Å². The zero-order chi connectivity index (χ0) is 12.7. The van der Waals surface area contributed by atoms with E-state index in [-0.39, 0.29) is 5.84 Å². The van der Waals surface area contributed by atoms with E-state index in [9.17, 15) is 0 Å². The average molecular weight is 233 g/mol. The molecule has 0 bridgehead atoms. The number of hydrogen-bond acceptors (Lipinski definition) is 3. The highest BCUT2D eigenvalue weighted by Crippen LogP contribution is 2.11. The molecular formula is C13H19N3O. The van der Waals surface area contributed by atoms with E-state index in [0.29, 0.717) is 0 Å². The molecule has 0 spiro atoms. The lowest BCUT2D eigenvalue weighted by molar-refractivity contribution is 0.318. The highest BCUT2D eigenvalue weighted by Gasteiger charge is 2.03. The van der Waals surface area contributed by atoms with Gasteiger partial charge in [-0.2, -0.15) is 0 Å². The van der Waals surface area contributed by atoms with Crippen molar-refractivity contribution in [1.82, 2.24) is 5.32 Å². The summed E-state index contributed by atoms with van der Waals surface area (Å²) in [4.78, 5) is 0. The quantitative estimate of drug-likeness (QED) is 0.175. The first-order chi connectivity index (χ1) is 8.19. The van der Waals surface area contributed by atoms with Crippen molar-refractivity contribution in [2.75, 3.05) is 6.54 Å². The summed E-state index contributed by atoms with van der Waals surface area (Å²) < 4.78 is 0. The summed E-state index contributed by atoms with van der Waals surface area (Å²) in [5.74, 6) is 0.138. The predicted molar refractivity (Wildman–Crippen MR) is 70.2 cm³/mol. The second kappa shape index (κ2) is 6.70. The van der Waals surface area contributed by atoms with Gasteiger partial charge in [-0.25, -0.2) is 0 Å². The third-order valence-corrected chi connectivity index (χ3v) is 2.59. The van der Waals surface area contributed by atoms with E-state index in [1.807, 2.05) is 31.2 Å². The maximum absolute atomic E-state index is 8.59. The number of nitrogens with two attached hydrogens (primary N) is 1. The molecule has 0 aliphatic heterocycles. The molecule has 0 saturated carbocycles. The molecule has 1 aromatic carbocycles. The Morgan fingerprint density at radius 1 is 1.59 bits per heavy atom. The van der Waals surface area contributed by atoms with Crippen LogP contribution < -0.4 is 11.1 Å². The maximum atomic E-state index is 8.59. The minimum atomic E-state index is 0.138. The van der Waals surface area contributed by atoms with Gasteiger partial charge in [0.25, 0.3) is 0 Å². The van der Waals surface area contributed by atoms with Gasteiger partial charge in [0.2, 0.25) is 0 Å². The summed E-state index contributed by atoms with van der Waals surface area (Å²) in [5.41, 5.74) is 8.60. The minimum Gasteiger partial charge on any atom is -0.409 e. The molecule has 0 aliphatic carbocycles. The molecular weight excluding hydrogens is 214 g/mol. The topological polar surface area (TPSA) is 70.6 Å². The molecule has 0 radical (unpaired) electrons. The molecule has 0 fully saturated rings. The van der Waals surface area contributed by atoms with Gasteiger partial charge in [0.15, 0.2) is 5.84 Å². The fourth-order valence-corrected chi connectivity index (χ4v) is 1.54. The lowest BCUT2D eigenvalue weighted by Crippen LogP contribution is -2.16. The third kappa shape index (κ3) is 3.92. The van der Waals surface area contributed by atoms with E-state index in [0.717, 1.165) is 30.6 Å². The van der Waals surface area contributed by atoms with Crippen LogP contribution in [0.3, 0.4) is 0 Å². The Morgan fingerprint density at radius 2 is 2.35 bits per heavy atom. The maximum Gasteiger partial charge on any atom is 0.170 e. The molecule has 1 rings (SSSR count). The lowest BCUT2D eigenvalue weighted by atomic mass is 10.0. The first kappa shape index (κ1) is 13.3. The summed E-state index contributed by atoms with van der Waals surface area (Å²) in [6.07, 6.45) is 2.85. The number of nitrogens with one attached hydrogen (secondary N) is 1. The van der Waals surface area contributed by atoms with Crippen molar-refractivity contribution in [3.8, 4) is 0 Å². The summed E-state index contributed by atoms with van der Waals surface area (Å²) >= 11 is 0. The zero-order valence-corrected chi connectivity index (χ0v) is 10.1. The molecule has 0 heterocycles. The van der Waals surface area contributed by atoms with Crippen LogP contribution in [0.25, 0.3) is 0 Å². The SMILES string of the molecule is C=CCCNCc1ccc(/C(N)=N/O)cc1C. The van der Waals surface area contributed by atoms with Crippen LogP contribution in [0.1, 0.15) is 23.1 Å². The second-order valence-electron chi connectivity index (χ2n) is 3.88. The number of amidine groups is 1. The van der Waals surface area contributed by atoms with Gasteiger partial charge in [0, 0.05) is 12.1 Å². The van der Waals surface area contributed by atoms with Crippen LogP contribution in [0.5, 0.6) is 0 Å². The van der Waals surface area contributed by atoms with E-state index in [1.54, 1.807) is 0 Å². The number of aryl methyl sites for hydroxylation is 1. The Hall–Kier alpha value is -1.81. The highest BCUT2D eigenvalue weighted by atomic mass is 16.4. The van der Waals surface area contributed by atoms with Gasteiger partial charge in [-0.15, -0.1) is 6.58 Å². The molecule has 17 heavy (non-hydrogen) atoms. The minimum absolute atomic E-state index is 0.138. The van der Waals surface area contributed by atoms with Crippen LogP contribution in [0.4, 0.5) is 0 Å². The van der Waals surface area contributed by atoms with E-state index >= 15 is 0 Å². The molecule has 0 saturated heterocycles. The summed E-state index contributed by atoms with van der Waals surface area (Å²) in [5, 5.41) is 14.9. The number of rotatable bonds is 6. The number of hydrogen-bond donors (Lipinski definition) is 3. The Morgan fingerprint density at radius 3 is 2.94 bits per heavy atom. The van der Waals surface area contributed by atoms with Crippen LogP contribution in [0.15, 0.2) is 36.0 Å². The van der Waals surface area contributed by atoms with E-state index in [4.69, 9.17) is 10.9 Å². The first-order valence-corrected chi connectivity index (χ1v) is 5.58. The summed E-state index contributed by atoms with van der Waals surface area (Å²) in [6.45, 7) is 7.42. The number of oxime groups is 1. The second-order valence-corrected chi connectivity index (χ2v) is 3.88. The molecule has 4 heteroatoms. The third-order valence-electron chi connectivity index (χ3n) is 2.59. The molecule has 4 N–H and O–H groups in total. The van der Waals surface area contributed by atoms with Crippen LogP contribution in [-0.4, -0.2) is 17.6 Å². The van der Waals surface area contributed by atoms with Crippen LogP contribution in [0.2, 0.25) is 0 Å². The van der Waals surface area contributed by atoms with Gasteiger partial charge >= 0.3 is 0 Å². The van der Waals surface area contributed by atoms with Gasteiger partial charge in [-0.05, 0) is 37.1 Å². The van der Waals surface area contributed by atoms with Crippen LogP contribution in [-0.2, 0) is 6.54 Å². The molecule has 0 aliphatic rings. The van der Waals surface area contributed by atoms with Gasteiger partial charge < -0.3 is 16.3 Å². The van der Waals surface area contributed by atoms with Crippen molar-refractivity contribution in [3.63, 3.8) is 0 Å². The van der Waals surface area contributed by atoms with E-state index in [2.05, 4.69) is 17.1 Å². The fourth-order valence-electron chi connectivity index (χ4n) is 1.54. The van der Waals surface area contributed by atoms with E-state index in [1.165, 1.54) is 5.56 Å². The largest absolute Gasteiger partial charge is 0.409 e. The Balaban J connectivity index is 2.66. The van der Waals surface area contributed by atoms with Gasteiger partial charge in [-0.3, -0.25) is 0 Å². The van der Waals surface area contributed by atoms with Crippen molar-refractivity contribution in [2.45, 2.75) is 19.9 Å². The molecule has 1 aromatic rings. The monoisotopic (exact) mass is 233 g/mol. The molecule has 0 unspecified atom stereocenters. The normalized spacial score (nSPS) is 11.5. The van der Waals surface area contributed by atoms with Crippen molar-refractivity contribution in [2.24, 2.45) is 10.9 Å². The van der Waals surface area contributed by atoms with Crippen molar-refractivity contribution < 1.29 is 5.21 Å². The molecule has 0 aromatic heterocycles. The van der Waals surface area contributed by atoms with Gasteiger partial charge in [0.1, 0.15) is 0 Å². The van der Waals surface area contributed by atoms with Gasteiger partial charge in [-0.1, -0.05) is 23.4 Å². The lowest BCUT2D eigenvalue weighted by Gasteiger charge is -2.08. The average Bonchev–Trinajstić information content (AvgIpc) is 2.35. The molecule has 4 nitrogen and oxygen atoms in total. The van der Waals surface area contributed by atoms with E-state index < -0.39 is 0 Å². The fraction of sp³-hybridized carbons (Fsp3) is 0.308. The first-order valence-electron chi connectivity index (χ1n) is 5.58. The summed E-state index contributed by atoms with van der Waals surface area (Å²) in [7, 11) is 0. The molecule has 92 valence electrons. The van der Waals surface area contributed by atoms with Crippen molar-refractivity contribution in [1.29, 1.82) is 0 Å². The van der Waals surface area contributed by atoms with Crippen LogP contribution in [0, 0.1) is 6.92 Å². The zero-order valence-electron chi connectivity index (χ0n) is 10.1. The Bertz CT molecular complexity index is 413. The smallest absolute Gasteiger partial charge is 0.170 e. The predicted octanol–water partition coefficient (Wildman–Crippen LogP) is 1.76. The number of nitrogens with zero attached hydrogens (tertiary/aromatic N) is 1. The van der Waals surface area contributed by atoms with Crippen LogP contribution >= 0.6 is 0 Å². The standard InChI is InChI=1S/C13H19N3O/c1-3-4-7-15-9-12-6-5-11(8-10(12)2)13(14)16-17/h3,5-6,8,15,17H,1,4,7,9H2,2H3,(H2,14,16). The summed E-state index contributed by atoms with van der Waals surface area (Å²) in [6, 6.07) is 5.76. The Kier molecular flexibility index (Phi) is 5.23. The highest BCUT2D eigenvalue weighted by molar-refractivity contribution is 5.97. The number of benzene rings is 1. The molecule has 0 amide bonds. The molecule has 0 atom stereocenters.